The van der Waals surface area contributed by atoms with Crippen LogP contribution in [0.5, 0.6) is 0 Å². The molecule has 0 unspecified atom stereocenters. The number of carbonyl (C=O) groups is 1. The van der Waals surface area contributed by atoms with Crippen molar-refractivity contribution in [1.29, 1.82) is 0 Å². The highest BCUT2D eigenvalue weighted by Crippen LogP contribution is 2.21. The number of carbonyl (C=O) groups excluding carboxylic acids is 1. The summed E-state index contributed by atoms with van der Waals surface area (Å²) in [5, 5.41) is 13.5. The Bertz CT molecular complexity index is 815. The van der Waals surface area contributed by atoms with Crippen LogP contribution in [0.25, 0.3) is 11.4 Å². The van der Waals surface area contributed by atoms with Crippen molar-refractivity contribution < 1.29 is 9.32 Å². The van der Waals surface area contributed by atoms with E-state index in [1.54, 1.807) is 19.9 Å². The standard InChI is InChI=1S/C15H15N5O2/c1-8-13(9(2)22-20-8)15(21)17-12-6-4-5-11(7-12)14-16-10(3)18-19-14/h4-7H,1-3H3,(H,17,21)(H,16,18,19). The Morgan fingerprint density at radius 2 is 2.09 bits per heavy atom. The van der Waals surface area contributed by atoms with Crippen molar-refractivity contribution in [2.45, 2.75) is 20.8 Å². The molecule has 7 heteroatoms. The smallest absolute Gasteiger partial charge is 0.261 e. The second-order valence-corrected chi connectivity index (χ2v) is 4.98. The molecule has 0 radical (unpaired) electrons. The molecule has 2 heterocycles. The molecule has 0 fully saturated rings. The van der Waals surface area contributed by atoms with E-state index < -0.39 is 0 Å². The zero-order valence-electron chi connectivity index (χ0n) is 12.5. The molecule has 1 aromatic carbocycles. The number of aryl methyl sites for hydroxylation is 3. The Labute approximate surface area is 126 Å². The average molecular weight is 297 g/mol. The third kappa shape index (κ3) is 2.60. The van der Waals surface area contributed by atoms with E-state index in [4.69, 9.17) is 4.52 Å². The second-order valence-electron chi connectivity index (χ2n) is 4.98. The van der Waals surface area contributed by atoms with E-state index in [2.05, 4.69) is 25.7 Å². The van der Waals surface area contributed by atoms with Gasteiger partial charge >= 0.3 is 0 Å². The van der Waals surface area contributed by atoms with Crippen molar-refractivity contribution in [3.8, 4) is 11.4 Å². The summed E-state index contributed by atoms with van der Waals surface area (Å²) in [5.41, 5.74) is 2.50. The molecule has 0 saturated heterocycles. The Hall–Kier alpha value is -2.96. The van der Waals surface area contributed by atoms with Gasteiger partial charge in [0.2, 0.25) is 0 Å². The third-order valence-electron chi connectivity index (χ3n) is 3.24. The third-order valence-corrected chi connectivity index (χ3v) is 3.24. The molecule has 2 aromatic heterocycles. The van der Waals surface area contributed by atoms with Crippen LogP contribution < -0.4 is 5.32 Å². The second kappa shape index (κ2) is 5.44. The maximum Gasteiger partial charge on any atom is 0.261 e. The first-order chi connectivity index (χ1) is 10.5. The van der Waals surface area contributed by atoms with Gasteiger partial charge in [0.05, 0.1) is 5.69 Å². The van der Waals surface area contributed by atoms with Crippen LogP contribution in [0.1, 0.15) is 27.6 Å². The van der Waals surface area contributed by atoms with Gasteiger partial charge in [0.1, 0.15) is 17.1 Å². The van der Waals surface area contributed by atoms with Crippen molar-refractivity contribution in [2.75, 3.05) is 5.32 Å². The van der Waals surface area contributed by atoms with Crippen molar-refractivity contribution in [2.24, 2.45) is 0 Å². The van der Waals surface area contributed by atoms with Crippen LogP contribution in [0.2, 0.25) is 0 Å². The Morgan fingerprint density at radius 1 is 1.27 bits per heavy atom. The largest absolute Gasteiger partial charge is 0.361 e. The maximum absolute atomic E-state index is 12.3. The molecule has 3 aromatic rings. The van der Waals surface area contributed by atoms with Crippen molar-refractivity contribution in [3.05, 3.63) is 47.1 Å². The number of nitrogens with zero attached hydrogens (tertiary/aromatic N) is 3. The monoisotopic (exact) mass is 297 g/mol. The van der Waals surface area contributed by atoms with Crippen LogP contribution >= 0.6 is 0 Å². The molecule has 2 N–H and O–H groups in total. The quantitative estimate of drug-likeness (QED) is 0.774. The van der Waals surface area contributed by atoms with Crippen LogP contribution in [0.3, 0.4) is 0 Å². The molecule has 112 valence electrons. The molecule has 3 rings (SSSR count). The molecule has 0 aliphatic heterocycles. The molecule has 0 aliphatic rings. The highest BCUT2D eigenvalue weighted by molar-refractivity contribution is 6.05. The van der Waals surface area contributed by atoms with Crippen LogP contribution in [-0.2, 0) is 0 Å². The maximum atomic E-state index is 12.3. The number of anilines is 1. The van der Waals surface area contributed by atoms with Crippen LogP contribution in [0.15, 0.2) is 28.8 Å². The molecule has 0 spiro atoms. The summed E-state index contributed by atoms with van der Waals surface area (Å²) >= 11 is 0. The SMILES string of the molecule is Cc1nc(-c2cccc(NC(=O)c3c(C)noc3C)c2)n[nH]1. The number of rotatable bonds is 3. The molecule has 0 bridgehead atoms. The number of H-pyrrole nitrogens is 1. The lowest BCUT2D eigenvalue weighted by Gasteiger charge is -2.06. The van der Waals surface area contributed by atoms with Gasteiger partial charge in [-0.25, -0.2) is 4.98 Å². The fourth-order valence-electron chi connectivity index (χ4n) is 2.21. The van der Waals surface area contributed by atoms with E-state index in [1.165, 1.54) is 0 Å². The predicted octanol–water partition coefficient (Wildman–Crippen LogP) is 2.64. The van der Waals surface area contributed by atoms with Gasteiger partial charge in [-0.3, -0.25) is 9.89 Å². The normalized spacial score (nSPS) is 10.7. The van der Waals surface area contributed by atoms with Crippen LogP contribution in [-0.4, -0.2) is 26.2 Å². The predicted molar refractivity (Wildman–Crippen MR) is 80.5 cm³/mol. The van der Waals surface area contributed by atoms with E-state index in [1.807, 2.05) is 25.1 Å². The van der Waals surface area contributed by atoms with E-state index >= 15 is 0 Å². The van der Waals surface area contributed by atoms with E-state index in [9.17, 15) is 4.79 Å². The van der Waals surface area contributed by atoms with Gasteiger partial charge in [0.25, 0.3) is 5.91 Å². The molecular weight excluding hydrogens is 282 g/mol. The highest BCUT2D eigenvalue weighted by atomic mass is 16.5. The summed E-state index contributed by atoms with van der Waals surface area (Å²) in [5.74, 6) is 1.57. The summed E-state index contributed by atoms with van der Waals surface area (Å²) < 4.78 is 5.01. The van der Waals surface area contributed by atoms with Crippen molar-refractivity contribution in [1.82, 2.24) is 20.3 Å². The number of aromatic nitrogens is 4. The van der Waals surface area contributed by atoms with Gasteiger partial charge in [0, 0.05) is 11.3 Å². The lowest BCUT2D eigenvalue weighted by atomic mass is 10.1. The first-order valence-corrected chi connectivity index (χ1v) is 6.78. The molecule has 7 nitrogen and oxygen atoms in total. The number of aromatic amines is 1. The minimum atomic E-state index is -0.250. The van der Waals surface area contributed by atoms with Gasteiger partial charge in [0.15, 0.2) is 5.82 Å². The fourth-order valence-corrected chi connectivity index (χ4v) is 2.21. The van der Waals surface area contributed by atoms with Gasteiger partial charge in [-0.15, -0.1) is 0 Å². The number of hydrogen-bond donors (Lipinski definition) is 2. The minimum Gasteiger partial charge on any atom is -0.361 e. The number of hydrogen-bond acceptors (Lipinski definition) is 5. The molecule has 0 saturated carbocycles. The van der Waals surface area contributed by atoms with Crippen molar-refractivity contribution in [3.63, 3.8) is 0 Å². The van der Waals surface area contributed by atoms with E-state index in [-0.39, 0.29) is 5.91 Å². The number of nitrogens with one attached hydrogen (secondary N) is 2. The van der Waals surface area contributed by atoms with E-state index in [0.29, 0.717) is 28.5 Å². The van der Waals surface area contributed by atoms with E-state index in [0.717, 1.165) is 11.4 Å². The topological polar surface area (TPSA) is 96.7 Å². The molecule has 22 heavy (non-hydrogen) atoms. The summed E-state index contributed by atoms with van der Waals surface area (Å²) in [6.45, 7) is 5.28. The van der Waals surface area contributed by atoms with Gasteiger partial charge in [-0.1, -0.05) is 17.3 Å². The molecule has 0 atom stereocenters. The summed E-state index contributed by atoms with van der Waals surface area (Å²) in [4.78, 5) is 16.6. The first-order valence-electron chi connectivity index (χ1n) is 6.78. The Morgan fingerprint density at radius 3 is 2.73 bits per heavy atom. The average Bonchev–Trinajstić information content (AvgIpc) is 3.05. The minimum absolute atomic E-state index is 0.250. The zero-order valence-corrected chi connectivity index (χ0v) is 12.5. The molecular formula is C15H15N5O2. The summed E-state index contributed by atoms with van der Waals surface area (Å²) in [6.07, 6.45) is 0. The zero-order chi connectivity index (χ0) is 15.7. The van der Waals surface area contributed by atoms with Crippen LogP contribution in [0.4, 0.5) is 5.69 Å². The van der Waals surface area contributed by atoms with Crippen molar-refractivity contribution >= 4 is 11.6 Å². The molecule has 1 amide bonds. The van der Waals surface area contributed by atoms with Crippen LogP contribution in [0, 0.1) is 20.8 Å². The lowest BCUT2D eigenvalue weighted by molar-refractivity contribution is 0.102. The summed E-state index contributed by atoms with van der Waals surface area (Å²) in [6, 6.07) is 7.34. The fraction of sp³-hybridized carbons (Fsp3) is 0.200. The van der Waals surface area contributed by atoms with Gasteiger partial charge in [-0.05, 0) is 32.9 Å². The first kappa shape index (κ1) is 14.0. The number of benzene rings is 1. The number of amides is 1. The summed E-state index contributed by atoms with van der Waals surface area (Å²) in [7, 11) is 0. The Kier molecular flexibility index (Phi) is 3.46. The van der Waals surface area contributed by atoms with Gasteiger partial charge < -0.3 is 9.84 Å². The molecule has 0 aliphatic carbocycles. The van der Waals surface area contributed by atoms with Gasteiger partial charge in [-0.2, -0.15) is 5.10 Å². The lowest BCUT2D eigenvalue weighted by Crippen LogP contribution is -2.13. The highest BCUT2D eigenvalue weighted by Gasteiger charge is 2.17. The Balaban J connectivity index is 1.86.